The molecule has 21 heavy (non-hydrogen) atoms. The molecule has 0 radical (unpaired) electrons. The molecule has 0 bridgehead atoms. The first-order valence-electron chi connectivity index (χ1n) is 7.23. The highest BCUT2D eigenvalue weighted by molar-refractivity contribution is 6.00. The van der Waals surface area contributed by atoms with E-state index in [1.165, 1.54) is 18.6 Å². The van der Waals surface area contributed by atoms with Crippen molar-refractivity contribution in [3.63, 3.8) is 0 Å². The molecule has 108 valence electrons. The zero-order valence-corrected chi connectivity index (χ0v) is 12.3. The quantitative estimate of drug-likeness (QED) is 0.763. The fourth-order valence-electron chi connectivity index (χ4n) is 3.08. The van der Waals surface area contributed by atoms with Crippen LogP contribution >= 0.6 is 0 Å². The molecule has 0 amide bonds. The zero-order valence-electron chi connectivity index (χ0n) is 12.3. The van der Waals surface area contributed by atoms with Gasteiger partial charge in [-0.05, 0) is 43.0 Å². The van der Waals surface area contributed by atoms with Crippen LogP contribution in [0.4, 0.5) is 15.8 Å². The second-order valence-electron chi connectivity index (χ2n) is 5.74. The molecule has 1 aliphatic heterocycles. The van der Waals surface area contributed by atoms with Crippen LogP contribution in [0.15, 0.2) is 42.5 Å². The van der Waals surface area contributed by atoms with Gasteiger partial charge in [0.25, 0.3) is 0 Å². The molecule has 0 saturated carbocycles. The number of halogens is 1. The second-order valence-corrected chi connectivity index (χ2v) is 5.74. The summed E-state index contributed by atoms with van der Waals surface area (Å²) in [5.41, 5.74) is 3.06. The maximum absolute atomic E-state index is 14.4. The summed E-state index contributed by atoms with van der Waals surface area (Å²) in [6.45, 7) is 4.35. The van der Waals surface area contributed by atoms with E-state index in [9.17, 15) is 9.18 Å². The number of para-hydroxylation sites is 2. The van der Waals surface area contributed by atoms with Crippen LogP contribution in [0.5, 0.6) is 0 Å². The van der Waals surface area contributed by atoms with Crippen molar-refractivity contribution in [2.24, 2.45) is 5.92 Å². The zero-order chi connectivity index (χ0) is 15.0. The number of ketones is 1. The number of hydrogen-bond acceptors (Lipinski definition) is 2. The highest BCUT2D eigenvalue weighted by Gasteiger charge is 2.27. The Morgan fingerprint density at radius 2 is 1.95 bits per heavy atom. The van der Waals surface area contributed by atoms with Crippen molar-refractivity contribution in [3.8, 4) is 0 Å². The third-order valence-corrected chi connectivity index (χ3v) is 3.98. The molecule has 0 saturated heterocycles. The molecule has 3 rings (SSSR count). The van der Waals surface area contributed by atoms with Gasteiger partial charge >= 0.3 is 0 Å². The van der Waals surface area contributed by atoms with Gasteiger partial charge in [0, 0.05) is 17.8 Å². The van der Waals surface area contributed by atoms with Crippen molar-refractivity contribution < 1.29 is 9.18 Å². The number of fused-ring (bicyclic) bond motifs is 1. The van der Waals surface area contributed by atoms with E-state index in [-0.39, 0.29) is 11.6 Å². The van der Waals surface area contributed by atoms with Crippen LogP contribution in [0.2, 0.25) is 0 Å². The van der Waals surface area contributed by atoms with Crippen LogP contribution in [-0.2, 0) is 6.42 Å². The topological polar surface area (TPSA) is 20.3 Å². The van der Waals surface area contributed by atoms with Crippen molar-refractivity contribution >= 4 is 17.2 Å². The van der Waals surface area contributed by atoms with Gasteiger partial charge in [0.1, 0.15) is 5.82 Å². The van der Waals surface area contributed by atoms with Crippen molar-refractivity contribution in [1.29, 1.82) is 0 Å². The predicted molar refractivity (Wildman–Crippen MR) is 82.7 cm³/mol. The molecule has 0 fully saturated rings. The van der Waals surface area contributed by atoms with Crippen LogP contribution in [0.3, 0.4) is 0 Å². The van der Waals surface area contributed by atoms with E-state index < -0.39 is 0 Å². The molecule has 0 spiro atoms. The Bertz CT molecular complexity index is 695. The second kappa shape index (κ2) is 5.32. The summed E-state index contributed by atoms with van der Waals surface area (Å²) in [6.07, 6.45) is 0.983. The van der Waals surface area contributed by atoms with Crippen LogP contribution in [0.25, 0.3) is 0 Å². The SMILES string of the molecule is CC(=O)c1cccc(F)c1N1CC(C)Cc2ccccc21. The molecule has 1 heterocycles. The molecule has 2 aromatic carbocycles. The summed E-state index contributed by atoms with van der Waals surface area (Å²) in [4.78, 5) is 13.8. The smallest absolute Gasteiger partial charge is 0.162 e. The van der Waals surface area contributed by atoms with E-state index >= 15 is 0 Å². The molecule has 0 aromatic heterocycles. The van der Waals surface area contributed by atoms with Gasteiger partial charge in [-0.2, -0.15) is 0 Å². The van der Waals surface area contributed by atoms with E-state index in [1.807, 2.05) is 23.1 Å². The van der Waals surface area contributed by atoms with Gasteiger partial charge in [-0.15, -0.1) is 0 Å². The summed E-state index contributed by atoms with van der Waals surface area (Å²) in [7, 11) is 0. The Morgan fingerprint density at radius 3 is 2.71 bits per heavy atom. The van der Waals surface area contributed by atoms with Gasteiger partial charge in [0.15, 0.2) is 5.78 Å². The molecule has 1 atom stereocenters. The third kappa shape index (κ3) is 2.44. The molecule has 2 aromatic rings. The highest BCUT2D eigenvalue weighted by atomic mass is 19.1. The lowest BCUT2D eigenvalue weighted by atomic mass is 9.92. The van der Waals surface area contributed by atoms with E-state index in [4.69, 9.17) is 0 Å². The standard InChI is InChI=1S/C18H18FNO/c1-12-10-14-6-3-4-9-17(14)20(11-12)18-15(13(2)21)7-5-8-16(18)19/h3-9,12H,10-11H2,1-2H3. The van der Waals surface area contributed by atoms with Gasteiger partial charge < -0.3 is 4.90 Å². The first kappa shape index (κ1) is 13.8. The van der Waals surface area contributed by atoms with Crippen molar-refractivity contribution in [2.75, 3.05) is 11.4 Å². The number of benzene rings is 2. The Labute approximate surface area is 124 Å². The molecule has 0 aliphatic carbocycles. The van der Waals surface area contributed by atoms with Gasteiger partial charge in [-0.3, -0.25) is 4.79 Å². The lowest BCUT2D eigenvalue weighted by Gasteiger charge is -2.35. The van der Waals surface area contributed by atoms with Crippen molar-refractivity contribution in [2.45, 2.75) is 20.3 Å². The Hall–Kier alpha value is -2.16. The molecule has 1 aliphatic rings. The van der Waals surface area contributed by atoms with Crippen LogP contribution < -0.4 is 4.90 Å². The maximum Gasteiger partial charge on any atom is 0.162 e. The summed E-state index contributed by atoms with van der Waals surface area (Å²) >= 11 is 0. The fourth-order valence-corrected chi connectivity index (χ4v) is 3.08. The minimum Gasteiger partial charge on any atom is -0.338 e. The fraction of sp³-hybridized carbons (Fsp3) is 0.278. The van der Waals surface area contributed by atoms with Crippen LogP contribution in [0, 0.1) is 11.7 Å². The van der Waals surface area contributed by atoms with Crippen molar-refractivity contribution in [3.05, 3.63) is 59.4 Å². The molecule has 0 N–H and O–H groups in total. The van der Waals surface area contributed by atoms with Crippen LogP contribution in [-0.4, -0.2) is 12.3 Å². The lowest BCUT2D eigenvalue weighted by Crippen LogP contribution is -2.32. The minimum atomic E-state index is -0.341. The predicted octanol–water partition coefficient (Wildman–Crippen LogP) is 4.36. The van der Waals surface area contributed by atoms with E-state index in [0.717, 1.165) is 18.7 Å². The number of hydrogen-bond donors (Lipinski definition) is 0. The third-order valence-electron chi connectivity index (χ3n) is 3.98. The average Bonchev–Trinajstić information content (AvgIpc) is 2.46. The number of anilines is 2. The Morgan fingerprint density at radius 1 is 1.19 bits per heavy atom. The molecular weight excluding hydrogens is 265 g/mol. The summed E-state index contributed by atoms with van der Waals surface area (Å²) < 4.78 is 14.4. The lowest BCUT2D eigenvalue weighted by molar-refractivity contribution is 0.101. The summed E-state index contributed by atoms with van der Waals surface area (Å²) in [5, 5.41) is 0. The van der Waals surface area contributed by atoms with E-state index in [1.54, 1.807) is 12.1 Å². The molecular formula is C18H18FNO. The molecule has 2 nitrogen and oxygen atoms in total. The summed E-state index contributed by atoms with van der Waals surface area (Å²) in [6, 6.07) is 12.7. The monoisotopic (exact) mass is 283 g/mol. The first-order chi connectivity index (χ1) is 10.1. The largest absolute Gasteiger partial charge is 0.338 e. The number of carbonyl (C=O) groups is 1. The first-order valence-corrected chi connectivity index (χ1v) is 7.23. The number of carbonyl (C=O) groups excluding carboxylic acids is 1. The molecule has 3 heteroatoms. The molecule has 1 unspecified atom stereocenters. The normalized spacial score (nSPS) is 17.5. The van der Waals surface area contributed by atoms with Gasteiger partial charge in [-0.1, -0.05) is 31.2 Å². The van der Waals surface area contributed by atoms with Gasteiger partial charge in [-0.25, -0.2) is 4.39 Å². The van der Waals surface area contributed by atoms with Gasteiger partial charge in [0.05, 0.1) is 5.69 Å². The summed E-state index contributed by atoms with van der Waals surface area (Å²) in [5.74, 6) is -0.0360. The highest BCUT2D eigenvalue weighted by Crippen LogP contribution is 2.38. The van der Waals surface area contributed by atoms with E-state index in [0.29, 0.717) is 17.2 Å². The minimum absolute atomic E-state index is 0.111. The van der Waals surface area contributed by atoms with Gasteiger partial charge in [0.2, 0.25) is 0 Å². The van der Waals surface area contributed by atoms with Crippen LogP contribution in [0.1, 0.15) is 29.8 Å². The van der Waals surface area contributed by atoms with E-state index in [2.05, 4.69) is 13.0 Å². The number of rotatable bonds is 2. The Balaban J connectivity index is 2.20. The van der Waals surface area contributed by atoms with Crippen molar-refractivity contribution in [1.82, 2.24) is 0 Å². The average molecular weight is 283 g/mol. The Kier molecular flexibility index (Phi) is 3.50. The maximum atomic E-state index is 14.4. The number of nitrogens with zero attached hydrogens (tertiary/aromatic N) is 1. The number of Topliss-reactive ketones (excluding diaryl/α,β-unsaturated/α-hetero) is 1.